The summed E-state index contributed by atoms with van der Waals surface area (Å²) in [5.74, 6) is 0. The molecule has 0 saturated heterocycles. The Bertz CT molecular complexity index is 612. The van der Waals surface area contributed by atoms with E-state index in [1.54, 1.807) is 30.5 Å². The number of aldehydes is 1. The first-order valence-electron chi connectivity index (χ1n) is 5.46. The summed E-state index contributed by atoms with van der Waals surface area (Å²) in [6.45, 7) is 0. The van der Waals surface area contributed by atoms with Crippen LogP contribution < -0.4 is 0 Å². The van der Waals surface area contributed by atoms with Gasteiger partial charge in [0, 0.05) is 22.7 Å². The molecule has 0 aliphatic rings. The third kappa shape index (κ3) is 2.12. The lowest BCUT2D eigenvalue weighted by Gasteiger charge is -2.15. The van der Waals surface area contributed by atoms with Gasteiger partial charge in [0.25, 0.3) is 0 Å². The molecule has 1 aromatic heterocycles. The molecule has 5 nitrogen and oxygen atoms in total. The maximum absolute atomic E-state index is 10.8. The van der Waals surface area contributed by atoms with Gasteiger partial charge < -0.3 is 15.2 Å². The van der Waals surface area contributed by atoms with Gasteiger partial charge in [0.05, 0.1) is 18.6 Å². The van der Waals surface area contributed by atoms with Gasteiger partial charge in [0.2, 0.25) is 0 Å². The smallest absolute Gasteiger partial charge is 0.152 e. The maximum Gasteiger partial charge on any atom is 0.152 e. The second kappa shape index (κ2) is 5.00. The number of carbonyl (C=O) groups excluding carboxylic acids is 1. The minimum Gasteiger partial charge on any atom is -0.389 e. The first-order valence-corrected chi connectivity index (χ1v) is 5.46. The number of aromatic amines is 1. The van der Waals surface area contributed by atoms with Crippen molar-refractivity contribution in [2.45, 2.75) is 18.6 Å². The molecule has 2 aromatic rings. The Morgan fingerprint density at radius 1 is 1.44 bits per heavy atom. The van der Waals surface area contributed by atoms with Crippen LogP contribution in [0.25, 0.3) is 10.9 Å². The number of nitrogens with one attached hydrogen (secondary N) is 1. The van der Waals surface area contributed by atoms with Crippen LogP contribution in [0, 0.1) is 11.3 Å². The van der Waals surface area contributed by atoms with Crippen LogP contribution in [-0.4, -0.2) is 27.6 Å². The van der Waals surface area contributed by atoms with Crippen molar-refractivity contribution in [1.82, 2.24) is 4.98 Å². The summed E-state index contributed by atoms with van der Waals surface area (Å²) in [6, 6.07) is 6.81. The van der Waals surface area contributed by atoms with Gasteiger partial charge in [-0.1, -0.05) is 6.07 Å². The number of hydrogen-bond acceptors (Lipinski definition) is 4. The Morgan fingerprint density at radius 2 is 2.22 bits per heavy atom. The molecule has 2 atom stereocenters. The van der Waals surface area contributed by atoms with Crippen molar-refractivity contribution in [2.75, 3.05) is 0 Å². The van der Waals surface area contributed by atoms with E-state index in [4.69, 9.17) is 5.26 Å². The molecule has 5 heteroatoms. The van der Waals surface area contributed by atoms with Crippen LogP contribution in [-0.2, 0) is 0 Å². The Morgan fingerprint density at radius 3 is 2.89 bits per heavy atom. The van der Waals surface area contributed by atoms with Crippen LogP contribution in [0.1, 0.15) is 28.4 Å². The van der Waals surface area contributed by atoms with E-state index in [9.17, 15) is 15.0 Å². The fraction of sp³-hybridized carbons (Fsp3) is 0.231. The van der Waals surface area contributed by atoms with Gasteiger partial charge in [0.1, 0.15) is 6.10 Å². The van der Waals surface area contributed by atoms with Crippen molar-refractivity contribution < 1.29 is 15.0 Å². The number of fused-ring (bicyclic) bond motifs is 1. The number of carbonyl (C=O) groups is 1. The van der Waals surface area contributed by atoms with E-state index >= 15 is 0 Å². The van der Waals surface area contributed by atoms with E-state index in [0.29, 0.717) is 16.5 Å². The standard InChI is InChI=1S/C13H12N2O3/c14-4-3-12(17)13(18)8-1-2-11-10(5-8)9(7-16)6-15-11/h1-2,5-7,12-13,15,17-18H,3H2. The quantitative estimate of drug-likeness (QED) is 0.706. The summed E-state index contributed by atoms with van der Waals surface area (Å²) in [4.78, 5) is 13.8. The molecule has 0 amide bonds. The number of rotatable bonds is 4. The second-order valence-electron chi connectivity index (χ2n) is 4.04. The summed E-state index contributed by atoms with van der Waals surface area (Å²) in [6.07, 6.45) is -0.109. The summed E-state index contributed by atoms with van der Waals surface area (Å²) in [7, 11) is 0. The molecule has 2 unspecified atom stereocenters. The minimum atomic E-state index is -1.14. The maximum atomic E-state index is 10.8. The Balaban J connectivity index is 2.40. The summed E-state index contributed by atoms with van der Waals surface area (Å²) < 4.78 is 0. The summed E-state index contributed by atoms with van der Waals surface area (Å²) in [5, 5.41) is 28.6. The minimum absolute atomic E-state index is 0.146. The lowest BCUT2D eigenvalue weighted by Crippen LogP contribution is -2.17. The zero-order valence-electron chi connectivity index (χ0n) is 9.50. The molecule has 0 radical (unpaired) electrons. The third-order valence-corrected chi connectivity index (χ3v) is 2.87. The number of aromatic nitrogens is 1. The Kier molecular flexibility index (Phi) is 3.42. The molecule has 18 heavy (non-hydrogen) atoms. The predicted molar refractivity (Wildman–Crippen MR) is 64.9 cm³/mol. The number of aliphatic hydroxyl groups excluding tert-OH is 2. The first-order chi connectivity index (χ1) is 8.67. The highest BCUT2D eigenvalue weighted by Crippen LogP contribution is 2.24. The molecule has 2 rings (SSSR count). The summed E-state index contributed by atoms with van der Waals surface area (Å²) in [5.41, 5.74) is 1.75. The normalized spacial score (nSPS) is 14.1. The van der Waals surface area contributed by atoms with Crippen molar-refractivity contribution in [3.8, 4) is 6.07 Å². The SMILES string of the molecule is N#CCC(O)C(O)c1ccc2[nH]cc(C=O)c2c1. The van der Waals surface area contributed by atoms with E-state index in [2.05, 4.69) is 4.98 Å². The molecule has 3 N–H and O–H groups in total. The summed E-state index contributed by atoms with van der Waals surface area (Å²) >= 11 is 0. The van der Waals surface area contributed by atoms with Gasteiger partial charge in [-0.25, -0.2) is 0 Å². The molecule has 0 saturated carbocycles. The van der Waals surface area contributed by atoms with Crippen molar-refractivity contribution in [1.29, 1.82) is 5.26 Å². The van der Waals surface area contributed by atoms with Crippen molar-refractivity contribution >= 4 is 17.2 Å². The van der Waals surface area contributed by atoms with Crippen LogP contribution in [0.3, 0.4) is 0 Å². The molecule has 0 aliphatic carbocycles. The van der Waals surface area contributed by atoms with Gasteiger partial charge >= 0.3 is 0 Å². The molecule has 0 fully saturated rings. The van der Waals surface area contributed by atoms with Crippen molar-refractivity contribution in [3.63, 3.8) is 0 Å². The van der Waals surface area contributed by atoms with Gasteiger partial charge in [-0.3, -0.25) is 4.79 Å². The molecular weight excluding hydrogens is 232 g/mol. The highest BCUT2D eigenvalue weighted by Gasteiger charge is 2.18. The molecular formula is C13H12N2O3. The number of H-pyrrole nitrogens is 1. The van der Waals surface area contributed by atoms with Crippen molar-refractivity contribution in [3.05, 3.63) is 35.5 Å². The van der Waals surface area contributed by atoms with Crippen LogP contribution in [0.4, 0.5) is 0 Å². The zero-order valence-corrected chi connectivity index (χ0v) is 9.50. The molecule has 0 aliphatic heterocycles. The lowest BCUT2D eigenvalue weighted by molar-refractivity contribution is 0.0217. The average molecular weight is 244 g/mol. The van der Waals surface area contributed by atoms with E-state index in [0.717, 1.165) is 11.8 Å². The number of hydrogen-bond donors (Lipinski definition) is 3. The largest absolute Gasteiger partial charge is 0.389 e. The van der Waals surface area contributed by atoms with E-state index in [-0.39, 0.29) is 6.42 Å². The van der Waals surface area contributed by atoms with Gasteiger partial charge in [0.15, 0.2) is 6.29 Å². The highest BCUT2D eigenvalue weighted by atomic mass is 16.3. The van der Waals surface area contributed by atoms with Crippen LogP contribution in [0.5, 0.6) is 0 Å². The molecule has 92 valence electrons. The number of benzene rings is 1. The Hall–Kier alpha value is -2.16. The topological polar surface area (TPSA) is 97.1 Å². The lowest BCUT2D eigenvalue weighted by atomic mass is 10.0. The number of nitriles is 1. The van der Waals surface area contributed by atoms with Gasteiger partial charge in [-0.05, 0) is 17.7 Å². The van der Waals surface area contributed by atoms with Crippen LogP contribution >= 0.6 is 0 Å². The fourth-order valence-electron chi connectivity index (χ4n) is 1.87. The fourth-order valence-corrected chi connectivity index (χ4v) is 1.87. The number of nitrogens with zero attached hydrogens (tertiary/aromatic N) is 1. The molecule has 1 aromatic carbocycles. The predicted octanol–water partition coefficient (Wildman–Crippen LogP) is 1.29. The molecule has 0 spiro atoms. The van der Waals surface area contributed by atoms with Crippen molar-refractivity contribution in [2.24, 2.45) is 0 Å². The number of aliphatic hydroxyl groups is 2. The zero-order chi connectivity index (χ0) is 13.1. The average Bonchev–Trinajstić information content (AvgIpc) is 2.80. The van der Waals surface area contributed by atoms with Gasteiger partial charge in [-0.2, -0.15) is 5.26 Å². The van der Waals surface area contributed by atoms with Crippen LogP contribution in [0.15, 0.2) is 24.4 Å². The van der Waals surface area contributed by atoms with E-state index in [1.165, 1.54) is 0 Å². The van der Waals surface area contributed by atoms with E-state index < -0.39 is 12.2 Å². The molecule has 0 bridgehead atoms. The highest BCUT2D eigenvalue weighted by molar-refractivity contribution is 5.97. The Labute approximate surface area is 103 Å². The molecule has 1 heterocycles. The first kappa shape index (κ1) is 12.3. The monoisotopic (exact) mass is 244 g/mol. The second-order valence-corrected chi connectivity index (χ2v) is 4.04. The van der Waals surface area contributed by atoms with Gasteiger partial charge in [-0.15, -0.1) is 0 Å². The van der Waals surface area contributed by atoms with Crippen LogP contribution in [0.2, 0.25) is 0 Å². The third-order valence-electron chi connectivity index (χ3n) is 2.87. The van der Waals surface area contributed by atoms with E-state index in [1.807, 2.05) is 0 Å².